The van der Waals surface area contributed by atoms with Gasteiger partial charge in [0.2, 0.25) is 0 Å². The van der Waals surface area contributed by atoms with Crippen molar-refractivity contribution in [2.24, 2.45) is 5.92 Å². The number of hydrogen-bond donors (Lipinski definition) is 1. The predicted molar refractivity (Wildman–Crippen MR) is 158 cm³/mol. The molecule has 1 saturated heterocycles. The monoisotopic (exact) mass is 568 g/mol. The highest BCUT2D eigenvalue weighted by molar-refractivity contribution is 5.98. The van der Waals surface area contributed by atoms with Crippen LogP contribution in [0.3, 0.4) is 0 Å². The first-order valence-electron chi connectivity index (χ1n) is 14.5. The van der Waals surface area contributed by atoms with E-state index in [1.54, 1.807) is 17.3 Å². The first kappa shape index (κ1) is 27.9. The molecule has 9 nitrogen and oxygen atoms in total. The van der Waals surface area contributed by atoms with Gasteiger partial charge in [-0.2, -0.15) is 0 Å². The van der Waals surface area contributed by atoms with Gasteiger partial charge in [-0.15, -0.1) is 0 Å². The maximum Gasteiger partial charge on any atom is 0.410 e. The van der Waals surface area contributed by atoms with Crippen LogP contribution in [-0.2, 0) is 33.7 Å². The Labute approximate surface area is 245 Å². The number of ketones is 1. The van der Waals surface area contributed by atoms with E-state index in [9.17, 15) is 9.59 Å². The number of aromatic amines is 1. The number of benzene rings is 1. The molecule has 1 fully saturated rings. The SMILES string of the molecule is CC(C)(C)OC(=O)N1CCc2ccc(Oc3ccnc4[nH]cc(-c5ccnc(CC(=O)C6CCOCC6)c5)c34)cc2C1. The molecule has 218 valence electrons. The molecule has 0 saturated carbocycles. The van der Waals surface area contributed by atoms with Crippen LogP contribution in [0.2, 0.25) is 0 Å². The lowest BCUT2D eigenvalue weighted by molar-refractivity contribution is -0.125. The number of nitrogens with zero attached hydrogens (tertiary/aromatic N) is 3. The molecule has 2 aliphatic rings. The molecular formula is C33H36N4O5. The normalized spacial score (nSPS) is 15.8. The number of fused-ring (bicyclic) bond motifs is 2. The fourth-order valence-electron chi connectivity index (χ4n) is 5.63. The summed E-state index contributed by atoms with van der Waals surface area (Å²) < 4.78 is 17.5. The maximum absolute atomic E-state index is 12.9. The van der Waals surface area contributed by atoms with Crippen LogP contribution in [0.25, 0.3) is 22.2 Å². The molecule has 9 heteroatoms. The zero-order valence-electron chi connectivity index (χ0n) is 24.3. The highest BCUT2D eigenvalue weighted by Gasteiger charge is 2.26. The zero-order valence-corrected chi connectivity index (χ0v) is 24.3. The van der Waals surface area contributed by atoms with Gasteiger partial charge < -0.3 is 24.1 Å². The molecule has 1 aromatic carbocycles. The van der Waals surface area contributed by atoms with Crippen LogP contribution in [0.1, 0.15) is 50.4 Å². The Hall–Kier alpha value is -4.24. The molecule has 0 radical (unpaired) electrons. The largest absolute Gasteiger partial charge is 0.457 e. The van der Waals surface area contributed by atoms with E-state index in [2.05, 4.69) is 21.0 Å². The van der Waals surface area contributed by atoms with Crippen molar-refractivity contribution < 1.29 is 23.8 Å². The Kier molecular flexibility index (Phi) is 7.68. The summed E-state index contributed by atoms with van der Waals surface area (Å²) in [6, 6.07) is 11.8. The molecule has 1 amide bonds. The third-order valence-electron chi connectivity index (χ3n) is 7.76. The molecular weight excluding hydrogens is 532 g/mol. The third kappa shape index (κ3) is 6.16. The first-order valence-corrected chi connectivity index (χ1v) is 14.5. The van der Waals surface area contributed by atoms with Gasteiger partial charge in [0, 0.05) is 68.5 Å². The van der Waals surface area contributed by atoms with Gasteiger partial charge in [-0.1, -0.05) is 6.07 Å². The minimum atomic E-state index is -0.542. The van der Waals surface area contributed by atoms with Gasteiger partial charge in [-0.05, 0) is 87.1 Å². The van der Waals surface area contributed by atoms with Crippen LogP contribution in [0.4, 0.5) is 4.79 Å². The Morgan fingerprint density at radius 3 is 2.67 bits per heavy atom. The highest BCUT2D eigenvalue weighted by atomic mass is 16.6. The van der Waals surface area contributed by atoms with Crippen LogP contribution < -0.4 is 4.74 Å². The van der Waals surface area contributed by atoms with Crippen LogP contribution in [-0.4, -0.2) is 57.1 Å². The third-order valence-corrected chi connectivity index (χ3v) is 7.76. The number of ether oxygens (including phenoxy) is 3. The zero-order chi connectivity index (χ0) is 29.3. The van der Waals surface area contributed by atoms with Gasteiger partial charge in [0.15, 0.2) is 0 Å². The summed E-state index contributed by atoms with van der Waals surface area (Å²) in [5, 5.41) is 0.846. The van der Waals surface area contributed by atoms with Crippen molar-refractivity contribution in [2.45, 2.75) is 58.6 Å². The standard InChI is InChI=1S/C33H36N4O5/c1-33(2,3)42-32(39)37-13-8-21-4-5-26(17-24(21)20-37)41-29-7-12-35-31-30(29)27(19-36-31)23-6-11-34-25(16-23)18-28(38)22-9-14-40-15-10-22/h4-7,11-12,16-17,19,22H,8-10,13-15,18,20H2,1-3H3,(H,35,36). The molecule has 0 aliphatic carbocycles. The van der Waals surface area contributed by atoms with E-state index in [1.807, 2.05) is 57.3 Å². The van der Waals surface area contributed by atoms with Crippen molar-refractivity contribution in [3.63, 3.8) is 0 Å². The van der Waals surface area contributed by atoms with Crippen molar-refractivity contribution >= 4 is 22.9 Å². The fraction of sp³-hybridized carbons (Fsp3) is 0.394. The second-order valence-corrected chi connectivity index (χ2v) is 12.0. The minimum Gasteiger partial charge on any atom is -0.457 e. The van der Waals surface area contributed by atoms with Crippen molar-refractivity contribution in [3.8, 4) is 22.6 Å². The molecule has 0 bridgehead atoms. The molecule has 42 heavy (non-hydrogen) atoms. The number of Topliss-reactive ketones (excluding diaryl/α,β-unsaturated/α-hetero) is 1. The van der Waals surface area contributed by atoms with E-state index in [4.69, 9.17) is 14.2 Å². The summed E-state index contributed by atoms with van der Waals surface area (Å²) in [6.07, 6.45) is 7.68. The number of rotatable bonds is 6. The summed E-state index contributed by atoms with van der Waals surface area (Å²) >= 11 is 0. The van der Waals surface area contributed by atoms with Crippen LogP contribution in [0.15, 0.2) is 55.0 Å². The molecule has 5 heterocycles. The Morgan fingerprint density at radius 1 is 1.05 bits per heavy atom. The van der Waals surface area contributed by atoms with E-state index >= 15 is 0 Å². The summed E-state index contributed by atoms with van der Waals surface area (Å²) in [5.74, 6) is 1.59. The van der Waals surface area contributed by atoms with Gasteiger partial charge >= 0.3 is 6.09 Å². The first-order chi connectivity index (χ1) is 20.2. The molecule has 1 N–H and O–H groups in total. The average Bonchev–Trinajstić information content (AvgIpc) is 3.42. The lowest BCUT2D eigenvalue weighted by Crippen LogP contribution is -2.39. The van der Waals surface area contributed by atoms with Crippen LogP contribution in [0, 0.1) is 5.92 Å². The number of hydrogen-bond acceptors (Lipinski definition) is 7. The summed E-state index contributed by atoms with van der Waals surface area (Å²) in [5.41, 5.74) is 4.99. The number of pyridine rings is 2. The van der Waals surface area contributed by atoms with E-state index in [0.29, 0.717) is 49.9 Å². The maximum atomic E-state index is 12.9. The number of H-pyrrole nitrogens is 1. The van der Waals surface area contributed by atoms with Gasteiger partial charge in [-0.25, -0.2) is 9.78 Å². The lowest BCUT2D eigenvalue weighted by atomic mass is 9.92. The molecule has 2 aliphatic heterocycles. The number of aromatic nitrogens is 3. The Balaban J connectivity index is 1.24. The number of nitrogens with one attached hydrogen (secondary N) is 1. The quantitative estimate of drug-likeness (QED) is 0.293. The molecule has 4 aromatic rings. The molecule has 6 rings (SSSR count). The van der Waals surface area contributed by atoms with Gasteiger partial charge in [0.1, 0.15) is 28.5 Å². The summed E-state index contributed by atoms with van der Waals surface area (Å²) in [7, 11) is 0. The highest BCUT2D eigenvalue weighted by Crippen LogP contribution is 2.37. The van der Waals surface area contributed by atoms with Crippen molar-refractivity contribution in [2.75, 3.05) is 19.8 Å². The summed E-state index contributed by atoms with van der Waals surface area (Å²) in [6.45, 7) is 7.99. The second-order valence-electron chi connectivity index (χ2n) is 12.0. The number of carbonyl (C=O) groups excluding carboxylic acids is 2. The van der Waals surface area contributed by atoms with Crippen molar-refractivity contribution in [1.29, 1.82) is 0 Å². The molecule has 3 aromatic heterocycles. The topological polar surface area (TPSA) is 107 Å². The summed E-state index contributed by atoms with van der Waals surface area (Å²) in [4.78, 5) is 39.6. The smallest absolute Gasteiger partial charge is 0.410 e. The molecule has 0 spiro atoms. The Morgan fingerprint density at radius 2 is 1.86 bits per heavy atom. The van der Waals surface area contributed by atoms with Crippen LogP contribution >= 0.6 is 0 Å². The fourth-order valence-corrected chi connectivity index (χ4v) is 5.63. The van der Waals surface area contributed by atoms with E-state index in [-0.39, 0.29) is 17.8 Å². The Bertz CT molecular complexity index is 1620. The molecule has 0 atom stereocenters. The average molecular weight is 569 g/mol. The second kappa shape index (κ2) is 11.6. The van der Waals surface area contributed by atoms with E-state index < -0.39 is 5.60 Å². The number of carbonyl (C=O) groups is 2. The van der Waals surface area contributed by atoms with Crippen molar-refractivity contribution in [3.05, 3.63) is 71.8 Å². The number of amides is 1. The van der Waals surface area contributed by atoms with Crippen LogP contribution in [0.5, 0.6) is 11.5 Å². The molecule has 0 unspecified atom stereocenters. The minimum absolute atomic E-state index is 0.0364. The van der Waals surface area contributed by atoms with Gasteiger partial charge in [0.05, 0.1) is 5.39 Å². The van der Waals surface area contributed by atoms with Crippen molar-refractivity contribution in [1.82, 2.24) is 19.9 Å². The van der Waals surface area contributed by atoms with Gasteiger partial charge in [-0.3, -0.25) is 9.78 Å². The lowest BCUT2D eigenvalue weighted by Gasteiger charge is -2.31. The van der Waals surface area contributed by atoms with E-state index in [1.165, 1.54) is 5.56 Å². The van der Waals surface area contributed by atoms with E-state index in [0.717, 1.165) is 47.0 Å². The van der Waals surface area contributed by atoms with Gasteiger partial charge in [0.25, 0.3) is 0 Å². The predicted octanol–water partition coefficient (Wildman–Crippen LogP) is 6.25.